The number of hydrogen-bond acceptors (Lipinski definition) is 1. The first-order chi connectivity index (χ1) is 22.3. The number of hydrogen-bond donors (Lipinski definition) is 0. The summed E-state index contributed by atoms with van der Waals surface area (Å²) in [4.78, 5) is 0. The summed E-state index contributed by atoms with van der Waals surface area (Å²) in [7, 11) is 0. The Labute approximate surface area is 259 Å². The molecule has 1 aliphatic rings. The molecular weight excluding hydrogens is 548 g/mol. The van der Waals surface area contributed by atoms with Crippen LogP contribution in [0, 0.1) is 0 Å². The van der Waals surface area contributed by atoms with Gasteiger partial charge in [0.15, 0.2) is 11.5 Å². The van der Waals surface area contributed by atoms with Crippen LogP contribution in [0.1, 0.15) is 0 Å². The van der Waals surface area contributed by atoms with Gasteiger partial charge in [-0.05, 0) is 59.2 Å². The molecule has 7 aromatic carbocycles. The van der Waals surface area contributed by atoms with E-state index in [-0.39, 0.29) is 0 Å². The van der Waals surface area contributed by atoms with E-state index < -0.39 is 0 Å². The van der Waals surface area contributed by atoms with Crippen molar-refractivity contribution in [1.29, 1.82) is 0 Å². The van der Waals surface area contributed by atoms with E-state index in [2.05, 4.69) is 167 Å². The Morgan fingerprint density at radius 2 is 0.844 bits per heavy atom. The van der Waals surface area contributed by atoms with Gasteiger partial charge in [0.1, 0.15) is 0 Å². The van der Waals surface area contributed by atoms with Crippen molar-refractivity contribution < 1.29 is 4.74 Å². The van der Waals surface area contributed by atoms with Gasteiger partial charge >= 0.3 is 0 Å². The Morgan fingerprint density at radius 3 is 1.51 bits per heavy atom. The fourth-order valence-electron chi connectivity index (χ4n) is 7.33. The fourth-order valence-corrected chi connectivity index (χ4v) is 7.33. The third-order valence-corrected chi connectivity index (χ3v) is 9.34. The van der Waals surface area contributed by atoms with E-state index in [1.165, 1.54) is 49.2 Å². The molecule has 0 N–H and O–H groups in total. The number of rotatable bonds is 3. The zero-order valence-corrected chi connectivity index (χ0v) is 24.3. The fraction of sp³-hybridized carbons (Fsp3) is 0. The van der Waals surface area contributed by atoms with Gasteiger partial charge in [-0.1, -0.05) is 115 Å². The molecule has 3 heteroatoms. The summed E-state index contributed by atoms with van der Waals surface area (Å²) in [6.07, 6.45) is 0. The summed E-state index contributed by atoms with van der Waals surface area (Å²) in [6.45, 7) is 0. The largest absolute Gasteiger partial charge is 0.453 e. The molecule has 3 nitrogen and oxygen atoms in total. The maximum Gasteiger partial charge on any atom is 0.152 e. The highest BCUT2D eigenvalue weighted by Gasteiger charge is 2.26. The summed E-state index contributed by atoms with van der Waals surface area (Å²) in [5, 5.41) is 5.00. The topological polar surface area (TPSA) is 19.1 Å². The van der Waals surface area contributed by atoms with Crippen LogP contribution in [0.5, 0.6) is 11.5 Å². The number of ether oxygens (including phenoxy) is 1. The smallest absolute Gasteiger partial charge is 0.152 e. The second kappa shape index (κ2) is 9.22. The van der Waals surface area contributed by atoms with Crippen molar-refractivity contribution >= 4 is 43.6 Å². The van der Waals surface area contributed by atoms with Crippen molar-refractivity contribution in [1.82, 2.24) is 9.13 Å². The Bertz CT molecular complexity index is 2550. The molecule has 0 fully saturated rings. The van der Waals surface area contributed by atoms with Crippen molar-refractivity contribution in [2.45, 2.75) is 0 Å². The first-order valence-corrected chi connectivity index (χ1v) is 15.4. The molecule has 45 heavy (non-hydrogen) atoms. The van der Waals surface area contributed by atoms with E-state index >= 15 is 0 Å². The molecule has 0 saturated heterocycles. The van der Waals surface area contributed by atoms with Crippen molar-refractivity contribution in [3.63, 3.8) is 0 Å². The van der Waals surface area contributed by atoms with E-state index in [1.807, 2.05) is 0 Å². The van der Waals surface area contributed by atoms with Crippen LogP contribution in [-0.2, 0) is 0 Å². The first kappa shape index (κ1) is 24.4. The minimum absolute atomic E-state index is 0.874. The number of aromatic nitrogens is 2. The monoisotopic (exact) mass is 574 g/mol. The van der Waals surface area contributed by atoms with Gasteiger partial charge in [-0.2, -0.15) is 0 Å². The van der Waals surface area contributed by atoms with Gasteiger partial charge in [0.2, 0.25) is 0 Å². The summed E-state index contributed by atoms with van der Waals surface area (Å²) in [6, 6.07) is 56.4. The molecular formula is C42H26N2O. The molecule has 0 atom stereocenters. The van der Waals surface area contributed by atoms with Crippen molar-refractivity contribution in [2.75, 3.05) is 0 Å². The lowest BCUT2D eigenvalue weighted by atomic mass is 9.98. The number of para-hydroxylation sites is 5. The minimum Gasteiger partial charge on any atom is -0.453 e. The molecule has 0 radical (unpaired) electrons. The summed E-state index contributed by atoms with van der Waals surface area (Å²) in [5.41, 5.74) is 11.7. The summed E-state index contributed by atoms with van der Waals surface area (Å²) in [5.74, 6) is 1.77. The molecule has 0 bridgehead atoms. The Morgan fingerprint density at radius 1 is 0.356 bits per heavy atom. The van der Waals surface area contributed by atoms with Crippen LogP contribution in [0.25, 0.3) is 77.2 Å². The van der Waals surface area contributed by atoms with E-state index in [4.69, 9.17) is 4.74 Å². The van der Waals surface area contributed by atoms with Crippen molar-refractivity contribution in [3.05, 3.63) is 158 Å². The molecule has 0 unspecified atom stereocenters. The molecule has 10 rings (SSSR count). The van der Waals surface area contributed by atoms with E-state index in [0.717, 1.165) is 39.5 Å². The second-order valence-electron chi connectivity index (χ2n) is 11.8. The van der Waals surface area contributed by atoms with Gasteiger partial charge in [-0.15, -0.1) is 0 Å². The highest BCUT2D eigenvalue weighted by atomic mass is 16.5. The average Bonchev–Trinajstić information content (AvgIpc) is 3.63. The van der Waals surface area contributed by atoms with E-state index in [1.54, 1.807) is 0 Å². The van der Waals surface area contributed by atoms with E-state index in [0.29, 0.717) is 0 Å². The van der Waals surface area contributed by atoms with Crippen molar-refractivity contribution in [3.8, 4) is 45.1 Å². The molecule has 210 valence electrons. The van der Waals surface area contributed by atoms with Crippen LogP contribution in [-0.4, -0.2) is 9.13 Å². The maximum atomic E-state index is 6.51. The highest BCUT2D eigenvalue weighted by Crippen LogP contribution is 2.48. The molecule has 0 spiro atoms. The van der Waals surface area contributed by atoms with Crippen LogP contribution in [0.15, 0.2) is 158 Å². The Hall–Kier alpha value is -6.06. The molecule has 9 aromatic rings. The van der Waals surface area contributed by atoms with Gasteiger partial charge in [0.25, 0.3) is 0 Å². The molecule has 3 heterocycles. The van der Waals surface area contributed by atoms with Crippen LogP contribution >= 0.6 is 0 Å². The van der Waals surface area contributed by atoms with Gasteiger partial charge in [-0.25, -0.2) is 0 Å². The average molecular weight is 575 g/mol. The van der Waals surface area contributed by atoms with Crippen LogP contribution in [0.2, 0.25) is 0 Å². The predicted molar refractivity (Wildman–Crippen MR) is 186 cm³/mol. The van der Waals surface area contributed by atoms with Gasteiger partial charge < -0.3 is 13.9 Å². The highest BCUT2D eigenvalue weighted by molar-refractivity contribution is 6.13. The third kappa shape index (κ3) is 3.46. The van der Waals surface area contributed by atoms with Gasteiger partial charge in [0, 0.05) is 32.8 Å². The van der Waals surface area contributed by atoms with Crippen molar-refractivity contribution in [2.24, 2.45) is 0 Å². The first-order valence-electron chi connectivity index (χ1n) is 15.4. The molecule has 0 saturated carbocycles. The lowest BCUT2D eigenvalue weighted by Crippen LogP contribution is -2.05. The Kier molecular flexibility index (Phi) is 5.00. The predicted octanol–water partition coefficient (Wildman–Crippen LogP) is 11.3. The summed E-state index contributed by atoms with van der Waals surface area (Å²) < 4.78 is 11.3. The lowest BCUT2D eigenvalue weighted by Gasteiger charge is -2.23. The van der Waals surface area contributed by atoms with Crippen LogP contribution in [0.3, 0.4) is 0 Å². The number of nitrogens with zero attached hydrogens (tertiary/aromatic N) is 2. The zero-order valence-electron chi connectivity index (χ0n) is 24.3. The second-order valence-corrected chi connectivity index (χ2v) is 11.8. The van der Waals surface area contributed by atoms with Crippen LogP contribution < -0.4 is 4.74 Å². The SMILES string of the molecule is c1cc2c(c(-c3ccc(-c4ccc(-n5c6ccccc6c6ccccc65)cc4)cc3)c1)-n1c3ccccc3c3cccc(c31)O2. The number of fused-ring (bicyclic) bond motifs is 8. The third-order valence-electron chi connectivity index (χ3n) is 9.34. The quantitative estimate of drug-likeness (QED) is 0.205. The Balaban J connectivity index is 1.06. The standard InChI is InChI=1S/C42H26N2O/c1-4-14-36-32(9-1)33-10-2-5-15-37(33)43(36)30-25-23-28(24-26-30)27-19-21-29(22-20-27)31-12-7-17-39-41(31)44-38-16-6-3-11-34(38)35-13-8-18-40(45-39)42(35)44/h1-26H. The molecule has 0 amide bonds. The van der Waals surface area contributed by atoms with Gasteiger partial charge in [-0.3, -0.25) is 0 Å². The van der Waals surface area contributed by atoms with E-state index in [9.17, 15) is 0 Å². The maximum absolute atomic E-state index is 6.51. The minimum atomic E-state index is 0.874. The molecule has 0 aliphatic carbocycles. The normalized spacial score (nSPS) is 12.2. The molecule has 1 aliphatic heterocycles. The van der Waals surface area contributed by atoms with Gasteiger partial charge in [0.05, 0.1) is 27.8 Å². The lowest BCUT2D eigenvalue weighted by molar-refractivity contribution is 0.477. The summed E-state index contributed by atoms with van der Waals surface area (Å²) >= 11 is 0. The molecule has 2 aromatic heterocycles. The number of benzene rings is 7. The van der Waals surface area contributed by atoms with Crippen LogP contribution in [0.4, 0.5) is 0 Å². The zero-order chi connectivity index (χ0) is 29.5.